The molecule has 0 unspecified atom stereocenters. The summed E-state index contributed by atoms with van der Waals surface area (Å²) in [5.41, 5.74) is 8.61. The summed E-state index contributed by atoms with van der Waals surface area (Å²) >= 11 is -3.67. The Morgan fingerprint density at radius 2 is 1.10 bits per heavy atom. The van der Waals surface area contributed by atoms with Crippen molar-refractivity contribution in [2.45, 2.75) is 91.6 Å². The molecule has 1 heterocycles. The van der Waals surface area contributed by atoms with Crippen molar-refractivity contribution in [3.05, 3.63) is 76.3 Å². The second kappa shape index (κ2) is 15.9. The van der Waals surface area contributed by atoms with Crippen LogP contribution in [-0.2, 0) is 19.0 Å². The zero-order chi connectivity index (χ0) is 30.8. The van der Waals surface area contributed by atoms with Gasteiger partial charge in [0.2, 0.25) is 0 Å². The van der Waals surface area contributed by atoms with Crippen LogP contribution in [0.25, 0.3) is 0 Å². The van der Waals surface area contributed by atoms with E-state index in [-0.39, 0.29) is 24.2 Å². The number of pyridine rings is 1. The van der Waals surface area contributed by atoms with E-state index in [4.69, 9.17) is 20.2 Å². The first kappa shape index (κ1) is 34.1. The van der Waals surface area contributed by atoms with Crippen LogP contribution < -0.4 is 18.9 Å². The summed E-state index contributed by atoms with van der Waals surface area (Å²) in [5, 5.41) is 0. The first-order chi connectivity index (χ1) is 20.1. The summed E-state index contributed by atoms with van der Waals surface area (Å²) in [6.07, 6.45) is 1.53. The van der Waals surface area contributed by atoms with Crippen molar-refractivity contribution in [1.29, 1.82) is 0 Å². The van der Waals surface area contributed by atoms with Gasteiger partial charge in [-0.25, -0.2) is 0 Å². The Morgan fingerprint density at radius 1 is 0.690 bits per heavy atom. The number of hydrogen-bond donors (Lipinski definition) is 1. The van der Waals surface area contributed by atoms with Crippen molar-refractivity contribution in [3.8, 4) is 11.5 Å². The fourth-order valence-corrected chi connectivity index (χ4v) is 22.3. The Labute approximate surface area is 254 Å². The summed E-state index contributed by atoms with van der Waals surface area (Å²) in [4.78, 5) is 4.84. The number of alkyl halides is 3. The first-order valence-corrected chi connectivity index (χ1v) is 22.7. The van der Waals surface area contributed by atoms with Gasteiger partial charge in [-0.05, 0) is 0 Å². The Kier molecular flexibility index (Phi) is 12.9. The van der Waals surface area contributed by atoms with Gasteiger partial charge in [-0.15, -0.1) is 0 Å². The average Bonchev–Trinajstić information content (AvgIpc) is 2.98. The fraction of sp³-hybridized carbons (Fsp3) is 0.500. The van der Waals surface area contributed by atoms with Gasteiger partial charge in [-0.3, -0.25) is 0 Å². The molecule has 4 nitrogen and oxygen atoms in total. The summed E-state index contributed by atoms with van der Waals surface area (Å²) in [6.45, 7) is 6.36. The number of ether oxygens (including phenoxy) is 2. The van der Waals surface area contributed by atoms with E-state index in [2.05, 4.69) is 20.8 Å². The molecular weight excluding hydrogens is 644 g/mol. The third-order valence-corrected chi connectivity index (χ3v) is 23.5. The van der Waals surface area contributed by atoms with Crippen molar-refractivity contribution < 1.29 is 22.6 Å². The van der Waals surface area contributed by atoms with E-state index in [0.717, 1.165) is 63.0 Å². The van der Waals surface area contributed by atoms with Crippen molar-refractivity contribution >= 4 is 27.9 Å². The van der Waals surface area contributed by atoms with Crippen LogP contribution in [0.15, 0.2) is 48.5 Å². The summed E-state index contributed by atoms with van der Waals surface area (Å²) in [5.74, 6) is 1.59. The van der Waals surface area contributed by atoms with Crippen molar-refractivity contribution in [2.24, 2.45) is 0 Å². The molecule has 0 bridgehead atoms. The van der Waals surface area contributed by atoms with Gasteiger partial charge in [-0.2, -0.15) is 0 Å². The Morgan fingerprint density at radius 3 is 1.45 bits per heavy atom. The molecule has 0 aliphatic rings. The van der Waals surface area contributed by atoms with Gasteiger partial charge in [0, 0.05) is 0 Å². The fourth-order valence-electron chi connectivity index (χ4n) is 5.94. The number of methoxy groups -OCH3 is 2. The van der Waals surface area contributed by atoms with Gasteiger partial charge in [-0.1, -0.05) is 0 Å². The van der Waals surface area contributed by atoms with E-state index in [1.807, 2.05) is 36.4 Å². The molecule has 3 aromatic rings. The molecule has 0 fully saturated rings. The molecule has 1 aromatic heterocycles. The Balaban J connectivity index is 2.34. The number of nitrogens with zero attached hydrogens (tertiary/aromatic N) is 1. The molecule has 0 spiro atoms. The molecule has 0 amide bonds. The minimum absolute atomic E-state index is 0.126. The van der Waals surface area contributed by atoms with Crippen LogP contribution in [-0.4, -0.2) is 37.6 Å². The maximum absolute atomic E-state index is 15.5. The predicted molar refractivity (Wildman–Crippen MR) is 170 cm³/mol. The standard InChI is InChI=1S/C22H20F3N2O2.3C4H9.Sn/c1-28-16-7-3-14(4-8-16)11-18-19(12-15-5-9-17(29-2)10-6-15)21(26)27-13-20(18)22(23,24)25;3*1-3-4-2;/h3-10H,11-12H2,1-2H3,(H2,26,27);3*1,3-4H2,2H3;. The van der Waals surface area contributed by atoms with Gasteiger partial charge in [0.15, 0.2) is 0 Å². The Bertz CT molecular complexity index is 1240. The van der Waals surface area contributed by atoms with Crippen LogP contribution in [0.3, 0.4) is 0 Å². The SMILES string of the molecule is CCC[CH2][Sn]([CH2]CCC)([CH2]CCC)[c]1nc(N)c(Cc2ccc(OC)cc2)c(Cc2ccc(OC)cc2)c1C(F)(F)F. The number of unbranched alkanes of at least 4 members (excludes halogenated alkanes) is 3. The van der Waals surface area contributed by atoms with Crippen LogP contribution in [0.5, 0.6) is 11.5 Å². The molecule has 8 heteroatoms. The number of nitrogen functional groups attached to an aromatic ring is 1. The molecule has 230 valence electrons. The molecule has 0 radical (unpaired) electrons. The summed E-state index contributed by atoms with van der Waals surface area (Å²) in [6, 6.07) is 14.7. The normalized spacial score (nSPS) is 12.0. The molecule has 2 aromatic carbocycles. The molecule has 3 rings (SSSR count). The molecule has 0 saturated carbocycles. The van der Waals surface area contributed by atoms with Crippen LogP contribution in [0.4, 0.5) is 19.0 Å². The van der Waals surface area contributed by atoms with Gasteiger partial charge in [0.05, 0.1) is 0 Å². The number of hydrogen-bond acceptors (Lipinski definition) is 4. The zero-order valence-corrected chi connectivity index (χ0v) is 28.7. The molecule has 0 aliphatic heterocycles. The summed E-state index contributed by atoms with van der Waals surface area (Å²) < 4.78 is 60.0. The van der Waals surface area contributed by atoms with Crippen LogP contribution in [0, 0.1) is 0 Å². The van der Waals surface area contributed by atoms with Crippen molar-refractivity contribution in [3.63, 3.8) is 0 Å². The van der Waals surface area contributed by atoms with Gasteiger partial charge in [0.25, 0.3) is 0 Å². The predicted octanol–water partition coefficient (Wildman–Crippen LogP) is 8.94. The van der Waals surface area contributed by atoms with E-state index in [9.17, 15) is 0 Å². The molecule has 2 N–H and O–H groups in total. The number of benzene rings is 2. The Hall–Kier alpha value is -2.42. The van der Waals surface area contributed by atoms with Crippen LogP contribution >= 0.6 is 0 Å². The molecule has 42 heavy (non-hydrogen) atoms. The average molecular weight is 691 g/mol. The topological polar surface area (TPSA) is 57.4 Å². The second-order valence-corrected chi connectivity index (χ2v) is 24.3. The zero-order valence-electron chi connectivity index (χ0n) is 25.9. The molecular formula is C34H47F3N2O2Sn. The number of anilines is 1. The third-order valence-electron chi connectivity index (χ3n) is 8.34. The van der Waals surface area contributed by atoms with Crippen molar-refractivity contribution in [2.75, 3.05) is 20.0 Å². The van der Waals surface area contributed by atoms with Gasteiger partial charge >= 0.3 is 255 Å². The van der Waals surface area contributed by atoms with Crippen LogP contribution in [0.2, 0.25) is 13.3 Å². The van der Waals surface area contributed by atoms with E-state index in [0.29, 0.717) is 20.8 Å². The monoisotopic (exact) mass is 692 g/mol. The molecule has 0 saturated heterocycles. The number of aromatic nitrogens is 1. The van der Waals surface area contributed by atoms with E-state index >= 15 is 13.2 Å². The van der Waals surface area contributed by atoms with Crippen LogP contribution in [0.1, 0.15) is 87.1 Å². The number of nitrogens with two attached hydrogens (primary N) is 1. The molecule has 0 atom stereocenters. The second-order valence-electron chi connectivity index (χ2n) is 11.3. The first-order valence-electron chi connectivity index (χ1n) is 15.3. The van der Waals surface area contributed by atoms with Gasteiger partial charge in [0.1, 0.15) is 0 Å². The minimum atomic E-state index is -4.54. The third kappa shape index (κ3) is 8.57. The number of rotatable bonds is 16. The van der Waals surface area contributed by atoms with E-state index in [1.54, 1.807) is 26.4 Å². The van der Waals surface area contributed by atoms with E-state index < -0.39 is 30.1 Å². The molecule has 0 aliphatic carbocycles. The quantitative estimate of drug-likeness (QED) is 0.153. The number of halogens is 3. The van der Waals surface area contributed by atoms with Crippen molar-refractivity contribution in [1.82, 2.24) is 4.98 Å². The van der Waals surface area contributed by atoms with Gasteiger partial charge < -0.3 is 0 Å². The van der Waals surface area contributed by atoms with E-state index in [1.165, 1.54) is 0 Å². The summed E-state index contributed by atoms with van der Waals surface area (Å²) in [7, 11) is 3.17. The maximum atomic E-state index is 15.5.